The van der Waals surface area contributed by atoms with Crippen molar-refractivity contribution in [3.05, 3.63) is 152 Å². The van der Waals surface area contributed by atoms with Gasteiger partial charge in [0.25, 0.3) is 0 Å². The molecule has 0 saturated heterocycles. The minimum absolute atomic E-state index is 0.602. The highest BCUT2D eigenvalue weighted by molar-refractivity contribution is 5.75. The molecule has 5 nitrogen and oxygen atoms in total. The third-order valence-electron chi connectivity index (χ3n) is 6.94. The number of nitrogens with zero attached hydrogens (tertiary/aromatic N) is 5. The fraction of sp³-hybridized carbons (Fsp3) is 0. The molecule has 0 N–H and O–H groups in total. The Hall–Kier alpha value is -5.81. The van der Waals surface area contributed by atoms with Gasteiger partial charge in [-0.3, -0.25) is 0 Å². The minimum Gasteiger partial charge on any atom is -0.228 e. The molecule has 2 aromatic heterocycles. The fourth-order valence-electron chi connectivity index (χ4n) is 4.82. The third kappa shape index (κ3) is 5.31. The first-order valence-corrected chi connectivity index (χ1v) is 13.8. The Bertz CT molecular complexity index is 1700. The second-order valence-corrected chi connectivity index (χ2v) is 9.81. The van der Waals surface area contributed by atoms with Crippen molar-refractivity contribution >= 4 is 0 Å². The lowest BCUT2D eigenvalue weighted by molar-refractivity contribution is 1.07. The normalized spacial score (nSPS) is 10.9. The molecule has 7 aromatic rings. The van der Waals surface area contributed by atoms with Crippen molar-refractivity contribution in [2.75, 3.05) is 0 Å². The van der Waals surface area contributed by atoms with Gasteiger partial charge >= 0.3 is 0 Å². The van der Waals surface area contributed by atoms with Crippen LogP contribution in [0.15, 0.2) is 152 Å². The molecular formula is C37H25N5. The van der Waals surface area contributed by atoms with Gasteiger partial charge in [-0.1, -0.05) is 140 Å². The quantitative estimate of drug-likeness (QED) is 0.212. The summed E-state index contributed by atoms with van der Waals surface area (Å²) in [5, 5.41) is 0. The van der Waals surface area contributed by atoms with Gasteiger partial charge in [0.15, 0.2) is 23.3 Å². The SMILES string of the molecule is c1ccc(-c2cc(-c3cccc(-c4nc(-c5ccccc5)nc(-c5ccccc5)n4)c3)nc(-c3ccccc3)n2)cc1. The Morgan fingerprint density at radius 3 is 1.05 bits per heavy atom. The Morgan fingerprint density at radius 1 is 0.238 bits per heavy atom. The van der Waals surface area contributed by atoms with Gasteiger partial charge in [0.05, 0.1) is 11.4 Å². The van der Waals surface area contributed by atoms with E-state index in [-0.39, 0.29) is 0 Å². The van der Waals surface area contributed by atoms with E-state index in [1.165, 1.54) is 0 Å². The lowest BCUT2D eigenvalue weighted by atomic mass is 10.0. The average Bonchev–Trinajstić information content (AvgIpc) is 3.09. The second-order valence-electron chi connectivity index (χ2n) is 9.81. The molecule has 42 heavy (non-hydrogen) atoms. The summed E-state index contributed by atoms with van der Waals surface area (Å²) in [6.45, 7) is 0. The van der Waals surface area contributed by atoms with E-state index < -0.39 is 0 Å². The van der Waals surface area contributed by atoms with E-state index in [4.69, 9.17) is 24.9 Å². The molecule has 5 heteroatoms. The van der Waals surface area contributed by atoms with Gasteiger partial charge in [-0.05, 0) is 12.1 Å². The molecule has 0 atom stereocenters. The highest BCUT2D eigenvalue weighted by Gasteiger charge is 2.15. The zero-order valence-corrected chi connectivity index (χ0v) is 22.7. The molecule has 0 aliphatic heterocycles. The fourth-order valence-corrected chi connectivity index (χ4v) is 4.82. The van der Waals surface area contributed by atoms with E-state index in [0.717, 1.165) is 44.8 Å². The Labute approximate surface area is 244 Å². The van der Waals surface area contributed by atoms with Crippen LogP contribution in [0.5, 0.6) is 0 Å². The zero-order chi connectivity index (χ0) is 28.1. The summed E-state index contributed by atoms with van der Waals surface area (Å²) in [7, 11) is 0. The van der Waals surface area contributed by atoms with Crippen LogP contribution in [-0.4, -0.2) is 24.9 Å². The van der Waals surface area contributed by atoms with Crippen LogP contribution in [0, 0.1) is 0 Å². The molecule has 0 aliphatic carbocycles. The lowest BCUT2D eigenvalue weighted by Gasteiger charge is -2.11. The summed E-state index contributed by atoms with van der Waals surface area (Å²) in [4.78, 5) is 24.6. The number of benzene rings is 5. The van der Waals surface area contributed by atoms with Crippen molar-refractivity contribution in [3.8, 4) is 68.1 Å². The Kier molecular flexibility index (Phi) is 6.81. The van der Waals surface area contributed by atoms with Crippen LogP contribution in [0.1, 0.15) is 0 Å². The van der Waals surface area contributed by atoms with Crippen LogP contribution < -0.4 is 0 Å². The van der Waals surface area contributed by atoms with E-state index in [9.17, 15) is 0 Å². The first-order chi connectivity index (χ1) is 20.8. The summed E-state index contributed by atoms with van der Waals surface area (Å²) in [5.74, 6) is 2.54. The van der Waals surface area contributed by atoms with Crippen molar-refractivity contribution in [3.63, 3.8) is 0 Å². The van der Waals surface area contributed by atoms with Crippen LogP contribution in [0.25, 0.3) is 68.1 Å². The van der Waals surface area contributed by atoms with E-state index in [0.29, 0.717) is 23.3 Å². The Morgan fingerprint density at radius 2 is 0.571 bits per heavy atom. The molecule has 0 amide bonds. The molecule has 2 heterocycles. The molecule has 0 unspecified atom stereocenters. The van der Waals surface area contributed by atoms with E-state index in [1.807, 2.05) is 127 Å². The standard InChI is InChI=1S/C37H25N5/c1-5-14-26(15-6-1)32-25-33(39-34(38-32)27-16-7-2-8-17-27)30-22-13-23-31(24-30)37-41-35(28-18-9-3-10-19-28)40-36(42-37)29-20-11-4-12-21-29/h1-25H. The molecule has 7 rings (SSSR count). The van der Waals surface area contributed by atoms with Crippen molar-refractivity contribution < 1.29 is 0 Å². The van der Waals surface area contributed by atoms with Crippen molar-refractivity contribution in [1.82, 2.24) is 24.9 Å². The molecule has 0 radical (unpaired) electrons. The summed E-state index contributed by atoms with van der Waals surface area (Å²) in [6, 6.07) is 50.5. The monoisotopic (exact) mass is 539 g/mol. The molecule has 198 valence electrons. The van der Waals surface area contributed by atoms with Gasteiger partial charge in [0.1, 0.15) is 0 Å². The number of aromatic nitrogens is 5. The molecular weight excluding hydrogens is 514 g/mol. The van der Waals surface area contributed by atoms with Crippen LogP contribution in [0.2, 0.25) is 0 Å². The van der Waals surface area contributed by atoms with E-state index in [1.54, 1.807) is 0 Å². The van der Waals surface area contributed by atoms with E-state index >= 15 is 0 Å². The number of rotatable bonds is 6. The molecule has 0 aliphatic rings. The average molecular weight is 540 g/mol. The molecule has 0 fully saturated rings. The maximum Gasteiger partial charge on any atom is 0.164 e. The van der Waals surface area contributed by atoms with Crippen molar-refractivity contribution in [2.45, 2.75) is 0 Å². The summed E-state index contributed by atoms with van der Waals surface area (Å²) in [6.07, 6.45) is 0. The van der Waals surface area contributed by atoms with Crippen LogP contribution in [-0.2, 0) is 0 Å². The molecule has 0 saturated carbocycles. The minimum atomic E-state index is 0.602. The maximum atomic E-state index is 5.00. The predicted octanol–water partition coefficient (Wildman–Crippen LogP) is 8.66. The number of hydrogen-bond acceptors (Lipinski definition) is 5. The van der Waals surface area contributed by atoms with Gasteiger partial charge in [0.2, 0.25) is 0 Å². The lowest BCUT2D eigenvalue weighted by Crippen LogP contribution is -2.00. The maximum absolute atomic E-state index is 5.00. The van der Waals surface area contributed by atoms with Gasteiger partial charge in [0, 0.05) is 33.4 Å². The molecule has 5 aromatic carbocycles. The van der Waals surface area contributed by atoms with Gasteiger partial charge in [-0.15, -0.1) is 0 Å². The first-order valence-electron chi connectivity index (χ1n) is 13.8. The highest BCUT2D eigenvalue weighted by atomic mass is 15.0. The van der Waals surface area contributed by atoms with Crippen molar-refractivity contribution in [1.29, 1.82) is 0 Å². The van der Waals surface area contributed by atoms with Crippen LogP contribution >= 0.6 is 0 Å². The summed E-state index contributed by atoms with van der Waals surface area (Å²) >= 11 is 0. The van der Waals surface area contributed by atoms with Gasteiger partial charge in [-0.25, -0.2) is 24.9 Å². The smallest absolute Gasteiger partial charge is 0.164 e. The summed E-state index contributed by atoms with van der Waals surface area (Å²) in [5.41, 5.74) is 7.39. The highest BCUT2D eigenvalue weighted by Crippen LogP contribution is 2.30. The van der Waals surface area contributed by atoms with Crippen LogP contribution in [0.4, 0.5) is 0 Å². The van der Waals surface area contributed by atoms with Crippen molar-refractivity contribution in [2.24, 2.45) is 0 Å². The third-order valence-corrected chi connectivity index (χ3v) is 6.94. The Balaban J connectivity index is 1.37. The zero-order valence-electron chi connectivity index (χ0n) is 22.7. The molecule has 0 bridgehead atoms. The van der Waals surface area contributed by atoms with Crippen LogP contribution in [0.3, 0.4) is 0 Å². The topological polar surface area (TPSA) is 64.5 Å². The van der Waals surface area contributed by atoms with Gasteiger partial charge < -0.3 is 0 Å². The largest absolute Gasteiger partial charge is 0.228 e. The summed E-state index contributed by atoms with van der Waals surface area (Å²) < 4.78 is 0. The van der Waals surface area contributed by atoms with Gasteiger partial charge in [-0.2, -0.15) is 0 Å². The second kappa shape index (κ2) is 11.4. The predicted molar refractivity (Wildman–Crippen MR) is 168 cm³/mol. The number of hydrogen-bond donors (Lipinski definition) is 0. The molecule has 0 spiro atoms. The van der Waals surface area contributed by atoms with E-state index in [2.05, 4.69) is 24.3 Å². The first kappa shape index (κ1) is 25.2.